The molecule has 0 aromatic carbocycles. The summed E-state index contributed by atoms with van der Waals surface area (Å²) in [6.07, 6.45) is -0.171. The molecule has 1 aliphatic carbocycles. The van der Waals surface area contributed by atoms with Crippen LogP contribution in [0.5, 0.6) is 0 Å². The zero-order chi connectivity index (χ0) is 10.7. The molecule has 1 aliphatic rings. The van der Waals surface area contributed by atoms with Gasteiger partial charge < -0.3 is 0 Å². The van der Waals surface area contributed by atoms with Crippen LogP contribution >= 0.6 is 0 Å². The molecule has 84 valence electrons. The van der Waals surface area contributed by atoms with Crippen LogP contribution < -0.4 is 0 Å². The Morgan fingerprint density at radius 3 is 1.57 bits per heavy atom. The molecule has 4 N–H and O–H groups in total. The first-order chi connectivity index (χ1) is 6.49. The molecule has 0 aliphatic heterocycles. The van der Waals surface area contributed by atoms with Crippen LogP contribution in [-0.2, 0) is 9.68 Å². The van der Waals surface area contributed by atoms with Gasteiger partial charge in [0.2, 0.25) is 0 Å². The van der Waals surface area contributed by atoms with Gasteiger partial charge in [-0.25, -0.2) is 9.68 Å². The van der Waals surface area contributed by atoms with Crippen LogP contribution in [0.3, 0.4) is 0 Å². The fraction of sp³-hybridized carbons (Fsp3) is 1.00. The van der Waals surface area contributed by atoms with Crippen molar-refractivity contribution in [2.45, 2.75) is 32.0 Å². The molecule has 0 radical (unpaired) electrons. The minimum atomic E-state index is -0.623. The molecular weight excluding hydrogens is 196 g/mol. The van der Waals surface area contributed by atoms with Gasteiger partial charge in [-0.2, -0.15) is 0 Å². The van der Waals surface area contributed by atoms with Gasteiger partial charge in [0, 0.05) is 0 Å². The van der Waals surface area contributed by atoms with E-state index in [1.807, 2.05) is 6.92 Å². The molecule has 0 aromatic rings. The van der Waals surface area contributed by atoms with Crippen LogP contribution in [0.15, 0.2) is 0 Å². The summed E-state index contributed by atoms with van der Waals surface area (Å²) in [5.74, 6) is 0.241. The van der Waals surface area contributed by atoms with E-state index in [-0.39, 0.29) is 5.92 Å². The van der Waals surface area contributed by atoms with Crippen molar-refractivity contribution in [2.75, 3.05) is 0 Å². The quantitative estimate of drug-likeness (QED) is 0.487. The van der Waals surface area contributed by atoms with Crippen molar-refractivity contribution in [3.63, 3.8) is 0 Å². The van der Waals surface area contributed by atoms with E-state index in [2.05, 4.69) is 9.68 Å². The van der Waals surface area contributed by atoms with E-state index in [1.54, 1.807) is 0 Å². The third-order valence-electron chi connectivity index (χ3n) is 2.14. The van der Waals surface area contributed by atoms with Gasteiger partial charge in [0.05, 0.1) is 10.8 Å². The lowest BCUT2D eigenvalue weighted by molar-refractivity contribution is -0.535. The van der Waals surface area contributed by atoms with Crippen LogP contribution in [0.1, 0.15) is 19.8 Å². The smallest absolute Gasteiger partial charge is 0.113 e. The van der Waals surface area contributed by atoms with E-state index in [0.29, 0.717) is 12.8 Å². The summed E-state index contributed by atoms with van der Waals surface area (Å²) in [6, 6.07) is 0. The average Bonchev–Trinajstić information content (AvgIpc) is 2.28. The van der Waals surface area contributed by atoms with Crippen LogP contribution in [0.2, 0.25) is 0 Å². The summed E-state index contributed by atoms with van der Waals surface area (Å²) >= 11 is 0. The summed E-state index contributed by atoms with van der Waals surface area (Å²) in [5.41, 5.74) is 0. The molecular formula is C6H14N2O6. The van der Waals surface area contributed by atoms with E-state index < -0.39 is 23.0 Å². The minimum Gasteiger partial charge on any atom is -0.266 e. The summed E-state index contributed by atoms with van der Waals surface area (Å²) in [6.45, 7) is 1.91. The molecule has 14 heavy (non-hydrogen) atoms. The first-order valence-corrected chi connectivity index (χ1v) is 4.18. The zero-order valence-corrected chi connectivity index (χ0v) is 7.65. The molecule has 0 saturated heterocycles. The predicted molar refractivity (Wildman–Crippen MR) is 39.0 cm³/mol. The Morgan fingerprint density at radius 2 is 1.29 bits per heavy atom. The van der Waals surface area contributed by atoms with Gasteiger partial charge in [-0.15, -0.1) is 0 Å². The van der Waals surface area contributed by atoms with Crippen molar-refractivity contribution in [3.8, 4) is 0 Å². The van der Waals surface area contributed by atoms with Gasteiger partial charge in [0.15, 0.2) is 0 Å². The second-order valence-corrected chi connectivity index (χ2v) is 3.37. The molecule has 8 heteroatoms. The zero-order valence-electron chi connectivity index (χ0n) is 7.65. The maximum atomic E-state index is 8.42. The topological polar surface area (TPSA) is 106 Å². The lowest BCUT2D eigenvalue weighted by Crippen LogP contribution is -2.35. The largest absolute Gasteiger partial charge is 0.266 e. The summed E-state index contributed by atoms with van der Waals surface area (Å²) in [4.78, 5) is 9.13. The van der Waals surface area contributed by atoms with Crippen molar-refractivity contribution in [1.29, 1.82) is 0 Å². The molecule has 3 atom stereocenters. The number of hydrogen-bond acceptors (Lipinski definition) is 8. The standard InChI is InChI=1S/C6H14N2O6/c1-4-2-5(13-7(9)10)6(3-4)14-8(11)12/h4-6,9-12H,2-3H2,1H3/t4?,5-,6+. The van der Waals surface area contributed by atoms with Crippen molar-refractivity contribution < 1.29 is 30.5 Å². The van der Waals surface area contributed by atoms with Gasteiger partial charge in [0.25, 0.3) is 0 Å². The van der Waals surface area contributed by atoms with Gasteiger partial charge >= 0.3 is 0 Å². The van der Waals surface area contributed by atoms with Gasteiger partial charge in [-0.1, -0.05) is 6.92 Å². The normalized spacial score (nSPS) is 33.2. The SMILES string of the molecule is CC1C[C@H](ON(O)O)[C@H](ON(O)O)C1. The van der Waals surface area contributed by atoms with Crippen molar-refractivity contribution in [3.05, 3.63) is 0 Å². The molecule has 8 nitrogen and oxygen atoms in total. The summed E-state index contributed by atoms with van der Waals surface area (Å²) < 4.78 is 0. The van der Waals surface area contributed by atoms with Crippen LogP contribution in [0.25, 0.3) is 0 Å². The Bertz CT molecular complexity index is 160. The fourth-order valence-electron chi connectivity index (χ4n) is 1.66. The molecule has 1 fully saturated rings. The first-order valence-electron chi connectivity index (χ1n) is 4.18. The van der Waals surface area contributed by atoms with E-state index in [9.17, 15) is 0 Å². The van der Waals surface area contributed by atoms with Gasteiger partial charge in [0.1, 0.15) is 12.2 Å². The summed E-state index contributed by atoms with van der Waals surface area (Å²) in [5, 5.41) is 32.9. The highest BCUT2D eigenvalue weighted by Crippen LogP contribution is 2.30. The minimum absolute atomic E-state index is 0.241. The Hall–Kier alpha value is -0.320. The van der Waals surface area contributed by atoms with Gasteiger partial charge in [-0.3, -0.25) is 20.8 Å². The Morgan fingerprint density at radius 1 is 0.929 bits per heavy atom. The number of rotatable bonds is 4. The monoisotopic (exact) mass is 210 g/mol. The van der Waals surface area contributed by atoms with Crippen LogP contribution in [0, 0.1) is 5.92 Å². The highest BCUT2D eigenvalue weighted by Gasteiger charge is 2.36. The second-order valence-electron chi connectivity index (χ2n) is 3.37. The van der Waals surface area contributed by atoms with E-state index >= 15 is 0 Å². The molecule has 0 spiro atoms. The van der Waals surface area contributed by atoms with Crippen molar-refractivity contribution in [2.24, 2.45) is 5.92 Å². The molecule has 0 aromatic heterocycles. The van der Waals surface area contributed by atoms with E-state index in [4.69, 9.17) is 20.8 Å². The highest BCUT2D eigenvalue weighted by molar-refractivity contribution is 4.82. The molecule has 1 saturated carbocycles. The van der Waals surface area contributed by atoms with E-state index in [1.165, 1.54) is 0 Å². The summed E-state index contributed by atoms with van der Waals surface area (Å²) in [7, 11) is 0. The van der Waals surface area contributed by atoms with Crippen molar-refractivity contribution >= 4 is 0 Å². The Labute approximate surface area is 80.2 Å². The maximum Gasteiger partial charge on any atom is 0.113 e. The van der Waals surface area contributed by atoms with Crippen LogP contribution in [-0.4, -0.2) is 43.8 Å². The highest BCUT2D eigenvalue weighted by atomic mass is 17.1. The second kappa shape index (κ2) is 4.96. The molecule has 1 rings (SSSR count). The Balaban J connectivity index is 2.45. The maximum absolute atomic E-state index is 8.42. The van der Waals surface area contributed by atoms with Crippen molar-refractivity contribution in [1.82, 2.24) is 10.8 Å². The number of nitrogens with zero attached hydrogens (tertiary/aromatic N) is 2. The third kappa shape index (κ3) is 3.44. The molecule has 0 heterocycles. The van der Waals surface area contributed by atoms with Crippen LogP contribution in [0.4, 0.5) is 0 Å². The van der Waals surface area contributed by atoms with Gasteiger partial charge in [-0.05, 0) is 18.8 Å². The third-order valence-corrected chi connectivity index (χ3v) is 2.14. The fourth-order valence-corrected chi connectivity index (χ4v) is 1.66. The number of hydrogen-bond donors (Lipinski definition) is 4. The average molecular weight is 210 g/mol. The molecule has 0 bridgehead atoms. The Kier molecular flexibility index (Phi) is 4.16. The van der Waals surface area contributed by atoms with E-state index in [0.717, 1.165) is 0 Å². The lowest BCUT2D eigenvalue weighted by atomic mass is 10.1. The molecule has 0 amide bonds. The lowest BCUT2D eigenvalue weighted by Gasteiger charge is -2.21. The predicted octanol–water partition coefficient (Wildman–Crippen LogP) is 0.177. The first kappa shape index (κ1) is 11.8. The molecule has 1 unspecified atom stereocenters.